The Bertz CT molecular complexity index is 534. The van der Waals surface area contributed by atoms with Crippen LogP contribution in [-0.4, -0.2) is 11.5 Å². The van der Waals surface area contributed by atoms with Crippen LogP contribution in [0.25, 0.3) is 0 Å². The molecule has 0 fully saturated rings. The van der Waals surface area contributed by atoms with E-state index >= 15 is 0 Å². The van der Waals surface area contributed by atoms with Gasteiger partial charge in [0.05, 0.1) is 0 Å². The molecule has 0 aliphatic carbocycles. The monoisotopic (exact) mass is 239 g/mol. The van der Waals surface area contributed by atoms with Crippen LogP contribution in [0.1, 0.15) is 16.7 Å². The van der Waals surface area contributed by atoms with Crippen LogP contribution in [-0.2, 0) is 19.5 Å². The van der Waals surface area contributed by atoms with Gasteiger partial charge < -0.3 is 10.6 Å². The van der Waals surface area contributed by atoms with Gasteiger partial charge in [-0.3, -0.25) is 0 Å². The van der Waals surface area contributed by atoms with E-state index in [0.29, 0.717) is 6.54 Å². The van der Waals surface area contributed by atoms with Crippen molar-refractivity contribution >= 4 is 5.82 Å². The first-order valence-electron chi connectivity index (χ1n) is 6.33. The molecule has 0 saturated heterocycles. The first-order valence-corrected chi connectivity index (χ1v) is 6.33. The van der Waals surface area contributed by atoms with Crippen molar-refractivity contribution in [3.8, 4) is 0 Å². The number of hydrogen-bond acceptors (Lipinski definition) is 3. The molecule has 1 aliphatic rings. The third-order valence-corrected chi connectivity index (χ3v) is 3.50. The summed E-state index contributed by atoms with van der Waals surface area (Å²) in [6.45, 7) is 2.53. The van der Waals surface area contributed by atoms with Crippen molar-refractivity contribution in [2.75, 3.05) is 11.4 Å². The highest BCUT2D eigenvalue weighted by atomic mass is 15.2. The molecule has 2 heterocycles. The van der Waals surface area contributed by atoms with Gasteiger partial charge in [0.15, 0.2) is 0 Å². The molecule has 2 N–H and O–H groups in total. The van der Waals surface area contributed by atoms with Crippen LogP contribution in [0.2, 0.25) is 0 Å². The van der Waals surface area contributed by atoms with Crippen LogP contribution in [0.5, 0.6) is 0 Å². The molecule has 3 rings (SSSR count). The Labute approximate surface area is 107 Å². The Kier molecular flexibility index (Phi) is 2.99. The molecule has 3 nitrogen and oxygen atoms in total. The predicted octanol–water partition coefficient (Wildman–Crippen LogP) is 2.10. The van der Waals surface area contributed by atoms with E-state index in [4.69, 9.17) is 5.73 Å². The second-order valence-electron chi connectivity index (χ2n) is 4.67. The average molecular weight is 239 g/mol. The van der Waals surface area contributed by atoms with Crippen molar-refractivity contribution in [2.45, 2.75) is 19.5 Å². The van der Waals surface area contributed by atoms with Crippen molar-refractivity contribution in [3.05, 3.63) is 59.3 Å². The molecule has 0 saturated carbocycles. The van der Waals surface area contributed by atoms with Crippen molar-refractivity contribution in [2.24, 2.45) is 5.73 Å². The summed E-state index contributed by atoms with van der Waals surface area (Å²) in [6.07, 6.45) is 2.96. The zero-order chi connectivity index (χ0) is 12.4. The molecule has 2 aromatic rings. The fourth-order valence-electron chi connectivity index (χ4n) is 2.42. The van der Waals surface area contributed by atoms with Crippen LogP contribution in [0, 0.1) is 0 Å². The number of fused-ring (bicyclic) bond motifs is 1. The van der Waals surface area contributed by atoms with Gasteiger partial charge in [-0.15, -0.1) is 0 Å². The first-order chi connectivity index (χ1) is 8.86. The molecule has 3 heteroatoms. The lowest BCUT2D eigenvalue weighted by Gasteiger charge is -2.29. The van der Waals surface area contributed by atoms with Gasteiger partial charge in [-0.1, -0.05) is 30.3 Å². The van der Waals surface area contributed by atoms with E-state index in [1.165, 1.54) is 11.1 Å². The summed E-state index contributed by atoms with van der Waals surface area (Å²) in [5, 5.41) is 0. The van der Waals surface area contributed by atoms with E-state index in [0.717, 1.165) is 30.9 Å². The van der Waals surface area contributed by atoms with E-state index in [-0.39, 0.29) is 0 Å². The topological polar surface area (TPSA) is 42.1 Å². The number of benzene rings is 1. The number of rotatable bonds is 2. The van der Waals surface area contributed by atoms with Crippen molar-refractivity contribution < 1.29 is 0 Å². The molecule has 1 aromatic heterocycles. The van der Waals surface area contributed by atoms with E-state index in [1.807, 2.05) is 6.20 Å². The fourth-order valence-corrected chi connectivity index (χ4v) is 2.42. The first kappa shape index (κ1) is 11.2. The number of hydrogen-bond donors (Lipinski definition) is 1. The zero-order valence-electron chi connectivity index (χ0n) is 10.3. The van der Waals surface area contributed by atoms with E-state index in [1.54, 1.807) is 0 Å². The van der Waals surface area contributed by atoms with Crippen molar-refractivity contribution in [1.29, 1.82) is 0 Å². The second-order valence-corrected chi connectivity index (χ2v) is 4.67. The summed E-state index contributed by atoms with van der Waals surface area (Å²) in [6, 6.07) is 12.8. The summed E-state index contributed by atoms with van der Waals surface area (Å²) in [7, 11) is 0. The Hall–Kier alpha value is -1.87. The number of aromatic nitrogens is 1. The number of nitrogens with zero attached hydrogens (tertiary/aromatic N) is 2. The molecule has 0 radical (unpaired) electrons. The third-order valence-electron chi connectivity index (χ3n) is 3.50. The van der Waals surface area contributed by atoms with Gasteiger partial charge in [0.2, 0.25) is 0 Å². The summed E-state index contributed by atoms with van der Waals surface area (Å²) in [5.41, 5.74) is 9.54. The molecule has 1 aromatic carbocycles. The minimum atomic E-state index is 0.552. The van der Waals surface area contributed by atoms with Crippen LogP contribution in [0.3, 0.4) is 0 Å². The lowest BCUT2D eigenvalue weighted by molar-refractivity contribution is 0.720. The molecule has 1 aliphatic heterocycles. The van der Waals surface area contributed by atoms with E-state index < -0.39 is 0 Å². The van der Waals surface area contributed by atoms with E-state index in [9.17, 15) is 0 Å². The maximum atomic E-state index is 5.59. The Morgan fingerprint density at radius 3 is 2.67 bits per heavy atom. The number of anilines is 1. The highest BCUT2D eigenvalue weighted by molar-refractivity contribution is 5.44. The molecular weight excluding hydrogens is 222 g/mol. The maximum absolute atomic E-state index is 5.59. The van der Waals surface area contributed by atoms with E-state index in [2.05, 4.69) is 46.3 Å². The molecule has 0 spiro atoms. The minimum Gasteiger partial charge on any atom is -0.352 e. The van der Waals surface area contributed by atoms with Gasteiger partial charge in [0.1, 0.15) is 5.82 Å². The lowest BCUT2D eigenvalue weighted by Crippen LogP contribution is -2.30. The highest BCUT2D eigenvalue weighted by Crippen LogP contribution is 2.22. The SMILES string of the molecule is NCc1ccc(N2CCc3ccccc3C2)nc1. The predicted molar refractivity (Wildman–Crippen MR) is 73.3 cm³/mol. The normalized spacial score (nSPS) is 14.4. The molecule has 0 atom stereocenters. The van der Waals surface area contributed by atoms with Gasteiger partial charge in [0.25, 0.3) is 0 Å². The molecule has 18 heavy (non-hydrogen) atoms. The van der Waals surface area contributed by atoms with Crippen LogP contribution < -0.4 is 10.6 Å². The summed E-state index contributed by atoms with van der Waals surface area (Å²) in [4.78, 5) is 6.81. The summed E-state index contributed by atoms with van der Waals surface area (Å²) in [5.74, 6) is 1.04. The van der Waals surface area contributed by atoms with Crippen molar-refractivity contribution in [1.82, 2.24) is 4.98 Å². The molecule has 92 valence electrons. The largest absolute Gasteiger partial charge is 0.352 e. The third kappa shape index (κ3) is 2.09. The van der Waals surface area contributed by atoms with Gasteiger partial charge in [-0.25, -0.2) is 4.98 Å². The minimum absolute atomic E-state index is 0.552. The molecular formula is C15H17N3. The Balaban J connectivity index is 1.82. The Morgan fingerprint density at radius 2 is 1.94 bits per heavy atom. The van der Waals surface area contributed by atoms with Crippen LogP contribution in [0.15, 0.2) is 42.6 Å². The lowest BCUT2D eigenvalue weighted by atomic mass is 10.00. The standard InChI is InChI=1S/C15H17N3/c16-9-12-5-6-15(17-10-12)18-8-7-13-3-1-2-4-14(13)11-18/h1-6,10H,7-9,11,16H2. The van der Waals surface area contributed by atoms with Gasteiger partial charge in [-0.05, 0) is 29.2 Å². The summed E-state index contributed by atoms with van der Waals surface area (Å²) >= 11 is 0. The average Bonchev–Trinajstić information content (AvgIpc) is 2.47. The highest BCUT2D eigenvalue weighted by Gasteiger charge is 2.16. The number of pyridine rings is 1. The van der Waals surface area contributed by atoms with Gasteiger partial charge >= 0.3 is 0 Å². The second kappa shape index (κ2) is 4.78. The summed E-state index contributed by atoms with van der Waals surface area (Å²) < 4.78 is 0. The van der Waals surface area contributed by atoms with Crippen LogP contribution in [0.4, 0.5) is 5.82 Å². The Morgan fingerprint density at radius 1 is 1.11 bits per heavy atom. The van der Waals surface area contributed by atoms with Crippen molar-refractivity contribution in [3.63, 3.8) is 0 Å². The maximum Gasteiger partial charge on any atom is 0.128 e. The van der Waals surface area contributed by atoms with Gasteiger partial charge in [-0.2, -0.15) is 0 Å². The quantitative estimate of drug-likeness (QED) is 0.872. The number of nitrogens with two attached hydrogens (primary N) is 1. The molecule has 0 amide bonds. The van der Waals surface area contributed by atoms with Gasteiger partial charge in [0, 0.05) is 25.8 Å². The molecule has 0 bridgehead atoms. The zero-order valence-corrected chi connectivity index (χ0v) is 10.3. The van der Waals surface area contributed by atoms with Crippen LogP contribution >= 0.6 is 0 Å². The fraction of sp³-hybridized carbons (Fsp3) is 0.267. The smallest absolute Gasteiger partial charge is 0.128 e. The molecule has 0 unspecified atom stereocenters.